The molecule has 2 aromatic carbocycles. The molecule has 2 N–H and O–H groups in total. The lowest BCUT2D eigenvalue weighted by Crippen LogP contribution is -2.04. The summed E-state index contributed by atoms with van der Waals surface area (Å²) in [5.41, 5.74) is 8.15. The third-order valence-electron chi connectivity index (χ3n) is 2.91. The van der Waals surface area contributed by atoms with Crippen molar-refractivity contribution in [2.75, 3.05) is 7.11 Å². The van der Waals surface area contributed by atoms with Gasteiger partial charge in [0.25, 0.3) is 0 Å². The molecule has 0 fully saturated rings. The first kappa shape index (κ1) is 12.6. The highest BCUT2D eigenvalue weighted by Crippen LogP contribution is 2.30. The van der Waals surface area contributed by atoms with Gasteiger partial charge < -0.3 is 10.5 Å². The van der Waals surface area contributed by atoms with Gasteiger partial charge in [-0.25, -0.2) is 4.39 Å². The minimum Gasteiger partial charge on any atom is -0.494 e. The van der Waals surface area contributed by atoms with Crippen molar-refractivity contribution in [2.24, 2.45) is 5.73 Å². The highest BCUT2D eigenvalue weighted by molar-refractivity contribution is 5.66. The van der Waals surface area contributed by atoms with Gasteiger partial charge in [-0.2, -0.15) is 0 Å². The molecule has 0 heterocycles. The van der Waals surface area contributed by atoms with Crippen molar-refractivity contribution >= 4 is 0 Å². The lowest BCUT2D eigenvalue weighted by Gasteiger charge is -2.10. The van der Waals surface area contributed by atoms with Gasteiger partial charge in [0.15, 0.2) is 11.6 Å². The summed E-state index contributed by atoms with van der Waals surface area (Å²) < 4.78 is 19.1. The fraction of sp³-hybridized carbons (Fsp3) is 0.200. The lowest BCUT2D eigenvalue weighted by molar-refractivity contribution is 0.387. The van der Waals surface area contributed by atoms with Gasteiger partial charge in [-0.05, 0) is 30.2 Å². The van der Waals surface area contributed by atoms with Crippen LogP contribution in [-0.4, -0.2) is 7.11 Å². The Morgan fingerprint density at radius 2 is 1.89 bits per heavy atom. The van der Waals surface area contributed by atoms with Crippen molar-refractivity contribution < 1.29 is 9.13 Å². The lowest BCUT2D eigenvalue weighted by atomic mass is 10.00. The highest BCUT2D eigenvalue weighted by Gasteiger charge is 2.11. The maximum Gasteiger partial charge on any atom is 0.172 e. The number of ether oxygens (including phenoxy) is 1. The summed E-state index contributed by atoms with van der Waals surface area (Å²) in [4.78, 5) is 0. The molecule has 94 valence electrons. The molecule has 2 rings (SSSR count). The zero-order valence-corrected chi connectivity index (χ0v) is 10.5. The normalized spacial score (nSPS) is 12.2. The van der Waals surface area contributed by atoms with E-state index in [1.54, 1.807) is 18.2 Å². The molecule has 18 heavy (non-hydrogen) atoms. The minimum absolute atomic E-state index is 0.0707. The summed E-state index contributed by atoms with van der Waals surface area (Å²) in [5, 5.41) is 0. The second kappa shape index (κ2) is 5.19. The molecule has 0 saturated heterocycles. The maximum absolute atomic E-state index is 14.1. The third kappa shape index (κ3) is 2.36. The van der Waals surface area contributed by atoms with Crippen LogP contribution in [0.1, 0.15) is 18.5 Å². The van der Waals surface area contributed by atoms with E-state index < -0.39 is 0 Å². The fourth-order valence-corrected chi connectivity index (χ4v) is 1.88. The van der Waals surface area contributed by atoms with E-state index in [4.69, 9.17) is 10.5 Å². The average molecular weight is 245 g/mol. The van der Waals surface area contributed by atoms with Crippen LogP contribution in [0.25, 0.3) is 11.1 Å². The number of rotatable bonds is 3. The summed E-state index contributed by atoms with van der Waals surface area (Å²) in [6.45, 7) is 1.90. The summed E-state index contributed by atoms with van der Waals surface area (Å²) >= 11 is 0. The summed E-state index contributed by atoms with van der Waals surface area (Å²) in [5.74, 6) is -0.0967. The Morgan fingerprint density at radius 1 is 1.17 bits per heavy atom. The second-order valence-corrected chi connectivity index (χ2v) is 4.24. The van der Waals surface area contributed by atoms with Crippen LogP contribution < -0.4 is 10.5 Å². The Labute approximate surface area is 106 Å². The standard InChI is InChI=1S/C15H16FNO/c1-10(17)11-5-3-6-12(9-11)13-7-4-8-14(18-2)15(13)16/h3-10H,17H2,1-2H3. The molecular weight excluding hydrogens is 229 g/mol. The van der Waals surface area contributed by atoms with Crippen LogP contribution >= 0.6 is 0 Å². The molecule has 3 heteroatoms. The van der Waals surface area contributed by atoms with Crippen LogP contribution in [0.2, 0.25) is 0 Å². The molecule has 0 aromatic heterocycles. The summed E-state index contributed by atoms with van der Waals surface area (Å²) in [6.07, 6.45) is 0. The Balaban J connectivity index is 2.52. The number of hydrogen-bond donors (Lipinski definition) is 1. The Bertz CT molecular complexity index is 552. The largest absolute Gasteiger partial charge is 0.494 e. The van der Waals surface area contributed by atoms with E-state index in [0.29, 0.717) is 5.56 Å². The van der Waals surface area contributed by atoms with E-state index in [9.17, 15) is 4.39 Å². The van der Waals surface area contributed by atoms with Crippen LogP contribution in [0.15, 0.2) is 42.5 Å². The third-order valence-corrected chi connectivity index (χ3v) is 2.91. The van der Waals surface area contributed by atoms with Crippen molar-refractivity contribution in [3.05, 3.63) is 53.8 Å². The van der Waals surface area contributed by atoms with E-state index in [2.05, 4.69) is 0 Å². The van der Waals surface area contributed by atoms with E-state index in [1.807, 2.05) is 31.2 Å². The average Bonchev–Trinajstić information content (AvgIpc) is 2.39. The molecule has 0 aliphatic heterocycles. The van der Waals surface area contributed by atoms with Crippen LogP contribution in [0.4, 0.5) is 4.39 Å². The maximum atomic E-state index is 14.1. The zero-order chi connectivity index (χ0) is 13.1. The molecule has 0 saturated carbocycles. The summed E-state index contributed by atoms with van der Waals surface area (Å²) in [6, 6.07) is 12.6. The fourth-order valence-electron chi connectivity index (χ4n) is 1.88. The van der Waals surface area contributed by atoms with Crippen LogP contribution in [-0.2, 0) is 0 Å². The van der Waals surface area contributed by atoms with Gasteiger partial charge in [0.2, 0.25) is 0 Å². The first-order valence-corrected chi connectivity index (χ1v) is 5.82. The van der Waals surface area contributed by atoms with Crippen molar-refractivity contribution in [3.8, 4) is 16.9 Å². The highest BCUT2D eigenvalue weighted by atomic mass is 19.1. The van der Waals surface area contributed by atoms with Gasteiger partial charge >= 0.3 is 0 Å². The van der Waals surface area contributed by atoms with Crippen molar-refractivity contribution in [3.63, 3.8) is 0 Å². The van der Waals surface area contributed by atoms with Gasteiger partial charge in [0, 0.05) is 11.6 Å². The number of nitrogens with two attached hydrogens (primary N) is 1. The van der Waals surface area contributed by atoms with Gasteiger partial charge in [0.1, 0.15) is 0 Å². The van der Waals surface area contributed by atoms with Gasteiger partial charge in [-0.1, -0.05) is 30.3 Å². The first-order valence-electron chi connectivity index (χ1n) is 5.82. The van der Waals surface area contributed by atoms with E-state index in [0.717, 1.165) is 11.1 Å². The predicted molar refractivity (Wildman–Crippen MR) is 71.0 cm³/mol. The summed E-state index contributed by atoms with van der Waals surface area (Å²) in [7, 11) is 1.46. The molecule has 0 spiro atoms. The molecular formula is C15H16FNO. The van der Waals surface area contributed by atoms with Gasteiger partial charge in [-0.3, -0.25) is 0 Å². The van der Waals surface area contributed by atoms with Crippen LogP contribution in [0, 0.1) is 5.82 Å². The SMILES string of the molecule is COc1cccc(-c2cccc(C(C)N)c2)c1F. The molecule has 1 atom stereocenters. The molecule has 0 bridgehead atoms. The van der Waals surface area contributed by atoms with E-state index in [-0.39, 0.29) is 17.6 Å². The number of halogens is 1. The molecule has 2 nitrogen and oxygen atoms in total. The van der Waals surface area contributed by atoms with Crippen LogP contribution in [0.5, 0.6) is 5.75 Å². The zero-order valence-electron chi connectivity index (χ0n) is 10.5. The van der Waals surface area contributed by atoms with Gasteiger partial charge in [0.05, 0.1) is 7.11 Å². The first-order chi connectivity index (χ1) is 8.63. The van der Waals surface area contributed by atoms with Crippen molar-refractivity contribution in [1.82, 2.24) is 0 Å². The van der Waals surface area contributed by atoms with E-state index >= 15 is 0 Å². The van der Waals surface area contributed by atoms with E-state index in [1.165, 1.54) is 7.11 Å². The Hall–Kier alpha value is -1.87. The predicted octanol–water partition coefficient (Wildman–Crippen LogP) is 3.52. The topological polar surface area (TPSA) is 35.2 Å². The second-order valence-electron chi connectivity index (χ2n) is 4.24. The van der Waals surface area contributed by atoms with Crippen molar-refractivity contribution in [2.45, 2.75) is 13.0 Å². The van der Waals surface area contributed by atoms with Gasteiger partial charge in [-0.15, -0.1) is 0 Å². The Morgan fingerprint density at radius 3 is 2.56 bits per heavy atom. The molecule has 0 aliphatic carbocycles. The minimum atomic E-state index is -0.346. The molecule has 0 amide bonds. The quantitative estimate of drug-likeness (QED) is 0.898. The van der Waals surface area contributed by atoms with Crippen molar-refractivity contribution in [1.29, 1.82) is 0 Å². The number of benzene rings is 2. The molecule has 0 aliphatic rings. The Kier molecular flexibility index (Phi) is 3.63. The van der Waals surface area contributed by atoms with Crippen LogP contribution in [0.3, 0.4) is 0 Å². The number of hydrogen-bond acceptors (Lipinski definition) is 2. The number of methoxy groups -OCH3 is 1. The monoisotopic (exact) mass is 245 g/mol. The molecule has 1 unspecified atom stereocenters. The molecule has 2 aromatic rings. The smallest absolute Gasteiger partial charge is 0.172 e. The molecule has 0 radical (unpaired) electrons.